The molecule has 0 spiro atoms. The fraction of sp³-hybridized carbons (Fsp3) is 0.361. The van der Waals surface area contributed by atoms with Crippen molar-refractivity contribution in [2.45, 2.75) is 147 Å². The molecule has 0 fully saturated rings. The minimum atomic E-state index is -4.80. The van der Waals surface area contributed by atoms with Crippen molar-refractivity contribution in [2.75, 3.05) is 28.4 Å². The van der Waals surface area contributed by atoms with Crippen LogP contribution in [0.4, 0.5) is 0 Å². The van der Waals surface area contributed by atoms with Crippen LogP contribution in [-0.2, 0) is 57.4 Å². The van der Waals surface area contributed by atoms with Crippen molar-refractivity contribution in [2.24, 2.45) is 20.0 Å². The van der Waals surface area contributed by atoms with Crippen molar-refractivity contribution in [3.8, 4) is 0 Å². The number of fused-ring (bicyclic) bond motifs is 4. The Morgan fingerprint density at radius 1 is 0.404 bits per heavy atom. The van der Waals surface area contributed by atoms with Gasteiger partial charge in [0, 0.05) is 0 Å². The van der Waals surface area contributed by atoms with Gasteiger partial charge in [-0.05, 0) is 0 Å². The molecule has 8 aliphatic rings. The molecule has 0 amide bonds. The summed E-state index contributed by atoms with van der Waals surface area (Å²) in [6.07, 6.45) is 23.6. The van der Waals surface area contributed by atoms with Crippen LogP contribution in [0.3, 0.4) is 0 Å². The van der Waals surface area contributed by atoms with Crippen LogP contribution in [0, 0.1) is 27.7 Å². The molecule has 0 aliphatic carbocycles. The van der Waals surface area contributed by atoms with E-state index in [0.29, 0.717) is 25.7 Å². The van der Waals surface area contributed by atoms with E-state index in [1.807, 2.05) is 19.1 Å². The van der Waals surface area contributed by atoms with Crippen LogP contribution in [0.25, 0.3) is 54.7 Å². The Bertz CT molecular complexity index is 4800. The van der Waals surface area contributed by atoms with Crippen molar-refractivity contribution in [3.63, 3.8) is 0 Å². The van der Waals surface area contributed by atoms with Crippen LogP contribution in [0.2, 0.25) is 0 Å². The molecular weight excluding hydrogens is 1480 g/mol. The van der Waals surface area contributed by atoms with Gasteiger partial charge in [0.15, 0.2) is 0 Å². The molecule has 16 nitrogen and oxygen atoms in total. The van der Waals surface area contributed by atoms with Crippen LogP contribution in [0.15, 0.2) is 93.9 Å². The summed E-state index contributed by atoms with van der Waals surface area (Å²) in [4.78, 5) is 70.3. The monoisotopic (exact) mass is 1560 g/mol. The Hall–Kier alpha value is -6.42. The Kier molecular flexibility index (Phi) is 19.7. The predicted octanol–water partition coefficient (Wildman–Crippen LogP) is 12.2. The van der Waals surface area contributed by atoms with Gasteiger partial charge in [-0.25, -0.2) is 0 Å². The molecule has 0 saturated carbocycles. The minimum absolute atomic E-state index is 0.183. The Balaban J connectivity index is 0.000000192. The number of ether oxygens (including phenoxy) is 4. The summed E-state index contributed by atoms with van der Waals surface area (Å²) >= 11 is -9.55. The number of hydrogen-bond donors (Lipinski definition) is 0. The summed E-state index contributed by atoms with van der Waals surface area (Å²) < 4.78 is 28.7. The number of aliphatic imine (C=N–C) groups is 4. The first-order valence-corrected chi connectivity index (χ1v) is 51.4. The van der Waals surface area contributed by atoms with E-state index in [2.05, 4.69) is 130 Å². The molecule has 12 bridgehead atoms. The van der Waals surface area contributed by atoms with E-state index in [1.165, 1.54) is 39.6 Å². The van der Waals surface area contributed by atoms with Crippen molar-refractivity contribution in [3.05, 3.63) is 163 Å². The first kappa shape index (κ1) is 68.9. The number of hydrogen-bond acceptors (Lipinski definition) is 12. The van der Waals surface area contributed by atoms with E-state index in [0.717, 1.165) is 187 Å². The van der Waals surface area contributed by atoms with Gasteiger partial charge in [-0.15, -0.1) is 0 Å². The number of allylic oxidation sites excluding steroid dienone is 8. The van der Waals surface area contributed by atoms with Gasteiger partial charge in [-0.2, -0.15) is 0 Å². The molecule has 4 aromatic rings. The van der Waals surface area contributed by atoms with E-state index in [9.17, 15) is 19.2 Å². The summed E-state index contributed by atoms with van der Waals surface area (Å²) in [6, 6.07) is 0. The van der Waals surface area contributed by atoms with E-state index in [1.54, 1.807) is 0 Å². The average molecular weight is 1560 g/mol. The quantitative estimate of drug-likeness (QED) is 0.0605. The zero-order valence-corrected chi connectivity index (χ0v) is 64.8. The Morgan fingerprint density at radius 3 is 1.32 bits per heavy atom. The van der Waals surface area contributed by atoms with Crippen LogP contribution in [-0.4, -0.2) is 120 Å². The molecule has 94 heavy (non-hydrogen) atoms. The van der Waals surface area contributed by atoms with E-state index in [4.69, 9.17) is 74.6 Å². The molecule has 4 aromatic heterocycles. The molecule has 12 heterocycles. The van der Waals surface area contributed by atoms with Crippen molar-refractivity contribution in [1.29, 1.82) is 0 Å². The number of methoxy groups -OCH3 is 4. The first-order chi connectivity index (χ1) is 44.7. The average Bonchev–Trinajstić information content (AvgIpc) is 1.55. The molecule has 8 aliphatic heterocycles. The van der Waals surface area contributed by atoms with Crippen molar-refractivity contribution < 1.29 is 38.1 Å². The third kappa shape index (κ3) is 11.6. The van der Waals surface area contributed by atoms with Crippen molar-refractivity contribution in [1.82, 2.24) is 11.2 Å². The summed E-state index contributed by atoms with van der Waals surface area (Å²) in [5.74, 6) is -1.17. The molecule has 0 atom stereocenters. The first-order valence-electron chi connectivity index (χ1n) is 31.8. The van der Waals surface area contributed by atoms with Crippen LogP contribution >= 0.6 is 35.7 Å². The fourth-order valence-corrected chi connectivity index (χ4v) is 36.9. The van der Waals surface area contributed by atoms with Crippen LogP contribution in [0.5, 0.6) is 0 Å². The van der Waals surface area contributed by atoms with E-state index >= 15 is 0 Å². The number of nitrogens with zero attached hydrogens (tertiary/aromatic N) is 8. The second-order valence-corrected chi connectivity index (χ2v) is 52.1. The number of carbonyl (C=O) groups is 4. The number of halogens is 4. The number of carbonyl (C=O) groups excluding carboxylic acids is 4. The normalized spacial score (nSPS) is 17.4. The van der Waals surface area contributed by atoms with Gasteiger partial charge in [-0.3, -0.25) is 0 Å². The zero-order chi connectivity index (χ0) is 67.9. The Labute approximate surface area is 572 Å². The standard InChI is InChI=1S/C36H40N4O4.C36H38N4O4.4ClH.2Sn/c2*1-9-23-19(3)27-15-28-21(5)25(11-13-35(41)43-7)33(39-28)18-34-26(12-14-36(42)44-8)22(6)30(40-34)17-32-24(10-2)20(4)29(38-32)16-31(23)37-27;;;;;;/h15-18H,9-14H2,1-8H3;9,15-18H,1,10-14H2,2-8H3;4*1H;;/q2*-2;;;;;2*+4/p-4. The third-order valence-electron chi connectivity index (χ3n) is 19.7. The van der Waals surface area contributed by atoms with Crippen molar-refractivity contribution >= 4 is 170 Å². The zero-order valence-electron chi connectivity index (χ0n) is 56.0. The topological polar surface area (TPSA) is 174 Å². The maximum absolute atomic E-state index is 12.5. The molecule has 22 heteroatoms. The Morgan fingerprint density at radius 2 is 0.787 bits per heavy atom. The molecule has 0 aromatic carbocycles. The number of rotatable bonds is 16. The molecule has 0 saturated heterocycles. The fourth-order valence-electron chi connectivity index (χ4n) is 14.5. The van der Waals surface area contributed by atoms with Gasteiger partial charge in [0.25, 0.3) is 0 Å². The molecule has 12 rings (SSSR count). The van der Waals surface area contributed by atoms with Gasteiger partial charge in [-0.1, -0.05) is 0 Å². The summed E-state index contributed by atoms with van der Waals surface area (Å²) in [6.45, 7) is 27.3. The van der Waals surface area contributed by atoms with Gasteiger partial charge in [0.1, 0.15) is 0 Å². The van der Waals surface area contributed by atoms with Gasteiger partial charge >= 0.3 is 578 Å². The number of aromatic nitrogens is 4. The molecule has 0 unspecified atom stereocenters. The van der Waals surface area contributed by atoms with Gasteiger partial charge < -0.3 is 0 Å². The van der Waals surface area contributed by atoms with Crippen LogP contribution in [0.1, 0.15) is 167 Å². The summed E-state index contributed by atoms with van der Waals surface area (Å²) in [5.41, 5.74) is 26.6. The molecule has 0 N–H and O–H groups in total. The molecular formula is C72H78Cl4N8O8Sn2. The van der Waals surface area contributed by atoms with E-state index in [-0.39, 0.29) is 49.6 Å². The van der Waals surface area contributed by atoms with Gasteiger partial charge in [0.05, 0.1) is 0 Å². The maximum atomic E-state index is 12.5. The third-order valence-corrected chi connectivity index (χ3v) is 40.4. The predicted molar refractivity (Wildman–Crippen MR) is 385 cm³/mol. The summed E-state index contributed by atoms with van der Waals surface area (Å²) in [5, 5.41) is 3.57. The van der Waals surface area contributed by atoms with Gasteiger partial charge in [0.2, 0.25) is 0 Å². The van der Waals surface area contributed by atoms with Crippen LogP contribution < -0.4 is 21.4 Å². The second kappa shape index (κ2) is 26.9. The number of esters is 4. The molecule has 0 radical (unpaired) electrons. The summed E-state index contributed by atoms with van der Waals surface area (Å²) in [7, 11) is 37.4. The SMILES string of the molecule is C=Cc1c(C)c2[n]3c1C=C1N=C(C=c4c(C)c(CCC(=O)OC)c([n]4[Sn]3([Cl])[Cl])=CC3=NC(=C2)C(C)=C3CCC(=O)OC)C(CC)=C1C.CCC1=C(C)C2=NC1=Cc1c(C)c(CCC(=O)OC)c3[n]1[Sn]([Cl])([Cl])[n]1c(c(C)c(CC)c1=C2)=CC1=NC(=C3)C(CCC(=O)OC)=C1C. The second-order valence-electron chi connectivity index (χ2n) is 24.5. The molecule has 490 valence electrons. The van der Waals surface area contributed by atoms with E-state index < -0.39 is 33.3 Å².